The fraction of sp³-hybridized carbons (Fsp3) is 0.158. The average Bonchev–Trinajstić information content (AvgIpc) is 2.91. The Morgan fingerprint density at radius 3 is 2.46 bits per heavy atom. The van der Waals surface area contributed by atoms with Crippen molar-refractivity contribution in [2.75, 3.05) is 10.6 Å². The Morgan fingerprint density at radius 2 is 1.81 bits per heavy atom. The van der Waals surface area contributed by atoms with Gasteiger partial charge < -0.3 is 10.6 Å². The van der Waals surface area contributed by atoms with Crippen LogP contribution in [-0.2, 0) is 6.54 Å². The van der Waals surface area contributed by atoms with Gasteiger partial charge in [-0.2, -0.15) is 5.10 Å². The molecule has 0 saturated carbocycles. The van der Waals surface area contributed by atoms with E-state index in [0.29, 0.717) is 20.8 Å². The Bertz CT molecular complexity index is 935. The van der Waals surface area contributed by atoms with Gasteiger partial charge in [0.1, 0.15) is 0 Å². The highest BCUT2D eigenvalue weighted by molar-refractivity contribution is 7.80. The number of hydrogen-bond acceptors (Lipinski definition) is 2. The number of aryl methyl sites for hydroxylation is 2. The molecular formula is C19H18Cl2N4S. The van der Waals surface area contributed by atoms with E-state index in [2.05, 4.69) is 28.7 Å². The van der Waals surface area contributed by atoms with Crippen LogP contribution in [0.4, 0.5) is 11.4 Å². The average molecular weight is 405 g/mol. The van der Waals surface area contributed by atoms with Crippen LogP contribution in [0, 0.1) is 13.8 Å². The number of aromatic nitrogens is 2. The molecule has 26 heavy (non-hydrogen) atoms. The lowest BCUT2D eigenvalue weighted by Crippen LogP contribution is -2.19. The van der Waals surface area contributed by atoms with Crippen LogP contribution in [0.2, 0.25) is 10.0 Å². The van der Waals surface area contributed by atoms with Crippen molar-refractivity contribution in [2.24, 2.45) is 0 Å². The highest BCUT2D eigenvalue weighted by atomic mass is 35.5. The highest BCUT2D eigenvalue weighted by Crippen LogP contribution is 2.29. The van der Waals surface area contributed by atoms with Gasteiger partial charge in [-0.1, -0.05) is 41.4 Å². The van der Waals surface area contributed by atoms with Gasteiger partial charge in [-0.05, 0) is 62.0 Å². The van der Waals surface area contributed by atoms with E-state index in [9.17, 15) is 0 Å². The second-order valence-electron chi connectivity index (χ2n) is 5.96. The summed E-state index contributed by atoms with van der Waals surface area (Å²) in [5.41, 5.74) is 4.89. The maximum absolute atomic E-state index is 6.16. The third-order valence-corrected chi connectivity index (χ3v) is 4.87. The molecule has 0 saturated heterocycles. The topological polar surface area (TPSA) is 41.9 Å². The summed E-state index contributed by atoms with van der Waals surface area (Å²) in [6.45, 7) is 4.79. The van der Waals surface area contributed by atoms with Gasteiger partial charge in [0, 0.05) is 11.4 Å². The van der Waals surface area contributed by atoms with Crippen LogP contribution >= 0.6 is 35.4 Å². The minimum absolute atomic E-state index is 0.443. The number of rotatable bonds is 4. The Kier molecular flexibility index (Phi) is 5.81. The van der Waals surface area contributed by atoms with Gasteiger partial charge in [-0.3, -0.25) is 4.68 Å². The summed E-state index contributed by atoms with van der Waals surface area (Å²) in [6.07, 6.45) is 0. The molecule has 2 N–H and O–H groups in total. The number of anilines is 2. The SMILES string of the molecule is Cc1cc(C)n(Cc2ccc(NC(=S)Nc3cccc(Cl)c3Cl)cc2)n1. The summed E-state index contributed by atoms with van der Waals surface area (Å²) < 4.78 is 1.99. The predicted octanol–water partition coefficient (Wildman–Crippen LogP) is 5.66. The van der Waals surface area contributed by atoms with Gasteiger partial charge in [0.05, 0.1) is 28.0 Å². The zero-order valence-electron chi connectivity index (χ0n) is 14.4. The first-order chi connectivity index (χ1) is 12.4. The summed E-state index contributed by atoms with van der Waals surface area (Å²) in [5.74, 6) is 0. The number of halogens is 2. The minimum Gasteiger partial charge on any atom is -0.332 e. The molecule has 0 amide bonds. The van der Waals surface area contributed by atoms with Crippen LogP contribution in [0.25, 0.3) is 0 Å². The zero-order valence-corrected chi connectivity index (χ0v) is 16.7. The molecule has 134 valence electrons. The molecule has 0 unspecified atom stereocenters. The van der Waals surface area contributed by atoms with E-state index in [4.69, 9.17) is 35.4 Å². The third-order valence-electron chi connectivity index (χ3n) is 3.85. The van der Waals surface area contributed by atoms with Crippen molar-refractivity contribution >= 4 is 51.9 Å². The molecule has 3 rings (SSSR count). The Morgan fingerprint density at radius 1 is 1.08 bits per heavy atom. The normalized spacial score (nSPS) is 10.6. The molecule has 0 atom stereocenters. The molecule has 0 fully saturated rings. The molecule has 0 aliphatic heterocycles. The van der Waals surface area contributed by atoms with Crippen molar-refractivity contribution in [1.29, 1.82) is 0 Å². The highest BCUT2D eigenvalue weighted by Gasteiger charge is 2.07. The molecule has 7 heteroatoms. The first-order valence-electron chi connectivity index (χ1n) is 8.04. The fourth-order valence-electron chi connectivity index (χ4n) is 2.59. The maximum Gasteiger partial charge on any atom is 0.175 e. The largest absolute Gasteiger partial charge is 0.332 e. The van der Waals surface area contributed by atoms with Crippen molar-refractivity contribution in [3.63, 3.8) is 0 Å². The van der Waals surface area contributed by atoms with Crippen LogP contribution in [0.5, 0.6) is 0 Å². The number of nitrogens with zero attached hydrogens (tertiary/aromatic N) is 2. The Labute approximate surface area is 168 Å². The van der Waals surface area contributed by atoms with E-state index in [0.717, 1.165) is 23.6 Å². The van der Waals surface area contributed by atoms with Gasteiger partial charge >= 0.3 is 0 Å². The molecule has 0 bridgehead atoms. The van der Waals surface area contributed by atoms with Gasteiger partial charge in [0.25, 0.3) is 0 Å². The summed E-state index contributed by atoms with van der Waals surface area (Å²) in [6, 6.07) is 15.5. The first kappa shape index (κ1) is 18.7. The smallest absolute Gasteiger partial charge is 0.175 e. The van der Waals surface area contributed by atoms with E-state index >= 15 is 0 Å². The van der Waals surface area contributed by atoms with E-state index in [1.807, 2.05) is 48.0 Å². The molecule has 4 nitrogen and oxygen atoms in total. The second-order valence-corrected chi connectivity index (χ2v) is 7.16. The lowest BCUT2D eigenvalue weighted by molar-refractivity contribution is 0.659. The zero-order chi connectivity index (χ0) is 18.7. The molecule has 2 aromatic carbocycles. The predicted molar refractivity (Wildman–Crippen MR) is 114 cm³/mol. The second kappa shape index (κ2) is 8.08. The maximum atomic E-state index is 6.16. The summed E-state index contributed by atoms with van der Waals surface area (Å²) in [4.78, 5) is 0. The van der Waals surface area contributed by atoms with Crippen molar-refractivity contribution < 1.29 is 0 Å². The molecule has 3 aromatic rings. The molecule has 1 aromatic heterocycles. The quantitative estimate of drug-likeness (QED) is 0.550. The lowest BCUT2D eigenvalue weighted by Gasteiger charge is -2.13. The molecule has 1 heterocycles. The number of hydrogen-bond donors (Lipinski definition) is 2. The van der Waals surface area contributed by atoms with Crippen LogP contribution in [-0.4, -0.2) is 14.9 Å². The van der Waals surface area contributed by atoms with Gasteiger partial charge in [-0.15, -0.1) is 0 Å². The lowest BCUT2D eigenvalue weighted by atomic mass is 10.2. The van der Waals surface area contributed by atoms with Crippen LogP contribution in [0.15, 0.2) is 48.5 Å². The molecular weight excluding hydrogens is 387 g/mol. The van der Waals surface area contributed by atoms with E-state index in [1.165, 1.54) is 5.56 Å². The van der Waals surface area contributed by atoms with Crippen molar-refractivity contribution in [3.8, 4) is 0 Å². The van der Waals surface area contributed by atoms with Crippen LogP contribution in [0.3, 0.4) is 0 Å². The molecule has 0 spiro atoms. The van der Waals surface area contributed by atoms with E-state index in [1.54, 1.807) is 6.07 Å². The van der Waals surface area contributed by atoms with Crippen LogP contribution in [0.1, 0.15) is 17.0 Å². The van der Waals surface area contributed by atoms with E-state index in [-0.39, 0.29) is 0 Å². The minimum atomic E-state index is 0.443. The monoisotopic (exact) mass is 404 g/mol. The summed E-state index contributed by atoms with van der Waals surface area (Å²) in [7, 11) is 0. The van der Waals surface area contributed by atoms with Crippen molar-refractivity contribution in [3.05, 3.63) is 75.5 Å². The number of thiocarbonyl (C=S) groups is 1. The van der Waals surface area contributed by atoms with Gasteiger partial charge in [0.2, 0.25) is 0 Å². The summed E-state index contributed by atoms with van der Waals surface area (Å²) in [5, 5.41) is 12.0. The van der Waals surface area contributed by atoms with Gasteiger partial charge in [-0.25, -0.2) is 0 Å². The van der Waals surface area contributed by atoms with Crippen molar-refractivity contribution in [1.82, 2.24) is 9.78 Å². The number of nitrogens with one attached hydrogen (secondary N) is 2. The van der Waals surface area contributed by atoms with Crippen LogP contribution < -0.4 is 10.6 Å². The fourth-order valence-corrected chi connectivity index (χ4v) is 3.16. The molecule has 0 aliphatic rings. The van der Waals surface area contributed by atoms with Crippen molar-refractivity contribution in [2.45, 2.75) is 20.4 Å². The van der Waals surface area contributed by atoms with Gasteiger partial charge in [0.15, 0.2) is 5.11 Å². The standard InChI is InChI=1S/C19H18Cl2N4S/c1-12-10-13(2)25(24-12)11-14-6-8-15(9-7-14)22-19(26)23-17-5-3-4-16(20)18(17)21/h3-10H,11H2,1-2H3,(H2,22,23,26). The molecule has 0 radical (unpaired) electrons. The first-order valence-corrected chi connectivity index (χ1v) is 9.21. The Balaban J connectivity index is 1.62. The summed E-state index contributed by atoms with van der Waals surface area (Å²) >= 11 is 17.5. The number of benzene rings is 2. The third kappa shape index (κ3) is 4.55. The Hall–Kier alpha value is -2.08. The molecule has 0 aliphatic carbocycles. The van der Waals surface area contributed by atoms with E-state index < -0.39 is 0 Å².